The third-order valence-electron chi connectivity index (χ3n) is 2.66. The Bertz CT molecular complexity index is 799. The zero-order valence-electron chi connectivity index (χ0n) is 11.8. The molecular weight excluding hydrogens is 333 g/mol. The van der Waals surface area contributed by atoms with Crippen LogP contribution in [0, 0.1) is 5.82 Å². The predicted octanol–water partition coefficient (Wildman–Crippen LogP) is 2.81. The molecule has 0 aliphatic rings. The lowest BCUT2D eigenvalue weighted by Gasteiger charge is -2.11. The highest BCUT2D eigenvalue weighted by Crippen LogP contribution is 2.31. The van der Waals surface area contributed by atoms with Crippen LogP contribution in [0.5, 0.6) is 5.88 Å². The number of nitrogens with zero attached hydrogens (tertiary/aromatic N) is 2. The van der Waals surface area contributed by atoms with Crippen molar-refractivity contribution in [2.75, 3.05) is 18.2 Å². The first-order valence-corrected chi connectivity index (χ1v) is 8.49. The highest BCUT2D eigenvalue weighted by atomic mass is 35.5. The number of anilines is 2. The second-order valence-electron chi connectivity index (χ2n) is 4.31. The molecule has 0 saturated carbocycles. The van der Waals surface area contributed by atoms with E-state index in [9.17, 15) is 12.8 Å². The highest BCUT2D eigenvalue weighted by molar-refractivity contribution is 7.90. The minimum absolute atomic E-state index is 0.0375. The Morgan fingerprint density at radius 1 is 1.36 bits per heavy atom. The topological polar surface area (TPSA) is 81.2 Å². The molecule has 0 unspecified atom stereocenters. The molecule has 0 fully saturated rings. The van der Waals surface area contributed by atoms with Gasteiger partial charge in [0.1, 0.15) is 17.2 Å². The molecule has 118 valence electrons. The number of hydrogen-bond acceptors (Lipinski definition) is 6. The van der Waals surface area contributed by atoms with E-state index in [1.165, 1.54) is 18.5 Å². The molecule has 0 bridgehead atoms. The molecule has 6 nitrogen and oxygen atoms in total. The van der Waals surface area contributed by atoms with Gasteiger partial charge in [-0.1, -0.05) is 11.6 Å². The number of ether oxygens (including phenoxy) is 1. The fourth-order valence-corrected chi connectivity index (χ4v) is 2.47. The molecule has 2 aromatic rings. The van der Waals surface area contributed by atoms with Crippen molar-refractivity contribution in [3.05, 3.63) is 35.4 Å². The SMILES string of the molecule is CCOc1ncnc(Nc2ccc(S(C)(=O)=O)cc2F)c1Cl. The van der Waals surface area contributed by atoms with Gasteiger partial charge in [0.2, 0.25) is 5.88 Å². The third kappa shape index (κ3) is 3.63. The summed E-state index contributed by atoms with van der Waals surface area (Å²) in [5, 5.41) is 2.79. The van der Waals surface area contributed by atoms with Gasteiger partial charge in [-0.25, -0.2) is 22.8 Å². The average molecular weight is 346 g/mol. The standard InChI is InChI=1S/C13H13ClFN3O3S/c1-3-21-13-11(14)12(16-7-17-13)18-10-5-4-8(6-9(10)15)22(2,19)20/h4-7H,3H2,1-2H3,(H,16,17,18). The monoisotopic (exact) mass is 345 g/mol. The molecule has 22 heavy (non-hydrogen) atoms. The first kappa shape index (κ1) is 16.4. The lowest BCUT2D eigenvalue weighted by molar-refractivity contribution is 0.326. The summed E-state index contributed by atoms with van der Waals surface area (Å²) in [5.41, 5.74) is 0.0375. The van der Waals surface area contributed by atoms with Crippen molar-refractivity contribution >= 4 is 32.9 Å². The number of sulfone groups is 1. The summed E-state index contributed by atoms with van der Waals surface area (Å²) in [5.74, 6) is -0.406. The van der Waals surface area contributed by atoms with Crippen molar-refractivity contribution in [1.29, 1.82) is 0 Å². The van der Waals surface area contributed by atoms with Gasteiger partial charge in [-0.2, -0.15) is 0 Å². The molecule has 1 heterocycles. The van der Waals surface area contributed by atoms with Crippen LogP contribution in [0.4, 0.5) is 15.9 Å². The van der Waals surface area contributed by atoms with Crippen LogP contribution in [-0.2, 0) is 9.84 Å². The maximum Gasteiger partial charge on any atom is 0.237 e. The summed E-state index contributed by atoms with van der Waals surface area (Å²) < 4.78 is 42.0. The average Bonchev–Trinajstić information content (AvgIpc) is 2.44. The number of hydrogen-bond donors (Lipinski definition) is 1. The van der Waals surface area contributed by atoms with E-state index in [4.69, 9.17) is 16.3 Å². The molecule has 0 spiro atoms. The summed E-state index contributed by atoms with van der Waals surface area (Å²) in [4.78, 5) is 7.66. The van der Waals surface area contributed by atoms with Crippen molar-refractivity contribution in [2.45, 2.75) is 11.8 Å². The van der Waals surface area contributed by atoms with Crippen molar-refractivity contribution in [3.8, 4) is 5.88 Å². The van der Waals surface area contributed by atoms with E-state index in [0.29, 0.717) is 6.61 Å². The fourth-order valence-electron chi connectivity index (χ4n) is 1.63. The summed E-state index contributed by atoms with van der Waals surface area (Å²) >= 11 is 6.06. The summed E-state index contributed by atoms with van der Waals surface area (Å²) in [6.45, 7) is 2.14. The maximum absolute atomic E-state index is 14.0. The first-order valence-electron chi connectivity index (χ1n) is 6.23. The molecule has 9 heteroatoms. The van der Waals surface area contributed by atoms with Crippen molar-refractivity contribution < 1.29 is 17.5 Å². The fraction of sp³-hybridized carbons (Fsp3) is 0.231. The van der Waals surface area contributed by atoms with Gasteiger partial charge in [-0.05, 0) is 25.1 Å². The molecule has 1 N–H and O–H groups in total. The number of rotatable bonds is 5. The van der Waals surface area contributed by atoms with Crippen LogP contribution in [0.1, 0.15) is 6.92 Å². The number of benzene rings is 1. The second-order valence-corrected chi connectivity index (χ2v) is 6.71. The van der Waals surface area contributed by atoms with E-state index >= 15 is 0 Å². The first-order chi connectivity index (χ1) is 10.3. The maximum atomic E-state index is 14.0. The molecule has 0 aliphatic carbocycles. The number of halogens is 2. The molecule has 0 amide bonds. The zero-order valence-corrected chi connectivity index (χ0v) is 13.4. The molecule has 0 radical (unpaired) electrons. The van der Waals surface area contributed by atoms with Crippen LogP contribution in [0.15, 0.2) is 29.4 Å². The predicted molar refractivity (Wildman–Crippen MR) is 81.0 cm³/mol. The molecule has 2 rings (SSSR count). The second kappa shape index (κ2) is 6.45. The van der Waals surface area contributed by atoms with E-state index in [0.717, 1.165) is 12.3 Å². The Balaban J connectivity index is 2.34. The normalized spacial score (nSPS) is 11.3. The largest absolute Gasteiger partial charge is 0.477 e. The molecule has 0 saturated heterocycles. The quantitative estimate of drug-likeness (QED) is 0.897. The summed E-state index contributed by atoms with van der Waals surface area (Å²) in [6.07, 6.45) is 2.23. The molecule has 0 atom stereocenters. The van der Waals surface area contributed by atoms with E-state index in [1.54, 1.807) is 6.92 Å². The van der Waals surface area contributed by atoms with Crippen molar-refractivity contribution in [1.82, 2.24) is 9.97 Å². The van der Waals surface area contributed by atoms with Gasteiger partial charge >= 0.3 is 0 Å². The lowest BCUT2D eigenvalue weighted by Crippen LogP contribution is -2.03. The van der Waals surface area contributed by atoms with Gasteiger partial charge in [0, 0.05) is 6.26 Å². The van der Waals surface area contributed by atoms with Crippen molar-refractivity contribution in [2.24, 2.45) is 0 Å². The Morgan fingerprint density at radius 3 is 2.68 bits per heavy atom. The van der Waals surface area contributed by atoms with Gasteiger partial charge in [-0.15, -0.1) is 0 Å². The minimum atomic E-state index is -3.48. The van der Waals surface area contributed by atoms with Crippen LogP contribution in [0.3, 0.4) is 0 Å². The molecule has 1 aromatic carbocycles. The molecule has 0 aliphatic heterocycles. The minimum Gasteiger partial charge on any atom is -0.477 e. The van der Waals surface area contributed by atoms with E-state index in [1.807, 2.05) is 0 Å². The molecular formula is C13H13ClFN3O3S. The van der Waals surface area contributed by atoms with Gasteiger partial charge in [0.15, 0.2) is 15.7 Å². The smallest absolute Gasteiger partial charge is 0.237 e. The Morgan fingerprint density at radius 2 is 2.09 bits per heavy atom. The Labute approximate surface area is 132 Å². The van der Waals surface area contributed by atoms with E-state index < -0.39 is 15.7 Å². The summed E-state index contributed by atoms with van der Waals surface area (Å²) in [6, 6.07) is 3.51. The van der Waals surface area contributed by atoms with Gasteiger partial charge < -0.3 is 10.1 Å². The van der Waals surface area contributed by atoms with Crippen LogP contribution < -0.4 is 10.1 Å². The molecule has 1 aromatic heterocycles. The Kier molecular flexibility index (Phi) is 4.82. The van der Waals surface area contributed by atoms with Gasteiger partial charge in [0.25, 0.3) is 0 Å². The van der Waals surface area contributed by atoms with Gasteiger partial charge in [-0.3, -0.25) is 0 Å². The Hall–Kier alpha value is -1.93. The number of aromatic nitrogens is 2. The van der Waals surface area contributed by atoms with Crippen LogP contribution in [0.2, 0.25) is 5.02 Å². The summed E-state index contributed by atoms with van der Waals surface area (Å²) in [7, 11) is -3.48. The van der Waals surface area contributed by atoms with Crippen LogP contribution in [-0.4, -0.2) is 31.2 Å². The third-order valence-corrected chi connectivity index (χ3v) is 4.11. The van der Waals surface area contributed by atoms with Crippen molar-refractivity contribution in [3.63, 3.8) is 0 Å². The van der Waals surface area contributed by atoms with Gasteiger partial charge in [0.05, 0.1) is 17.2 Å². The van der Waals surface area contributed by atoms with E-state index in [2.05, 4.69) is 15.3 Å². The van der Waals surface area contributed by atoms with Crippen LogP contribution in [0.25, 0.3) is 0 Å². The zero-order chi connectivity index (χ0) is 16.3. The number of nitrogens with one attached hydrogen (secondary N) is 1. The highest BCUT2D eigenvalue weighted by Gasteiger charge is 2.14. The van der Waals surface area contributed by atoms with E-state index in [-0.39, 0.29) is 27.3 Å². The van der Waals surface area contributed by atoms with Crippen LogP contribution >= 0.6 is 11.6 Å². The lowest BCUT2D eigenvalue weighted by atomic mass is 10.3.